The molecule has 6 heteroatoms. The highest BCUT2D eigenvalue weighted by molar-refractivity contribution is 5.77. The van der Waals surface area contributed by atoms with E-state index in [9.17, 15) is 9.18 Å². The molecule has 3 N–H and O–H groups in total. The normalized spacial score (nSPS) is 9.25. The Kier molecular flexibility index (Phi) is 4.09. The molecule has 0 atom stereocenters. The number of nitrogen functional groups attached to an aromatic ring is 1. The molecule has 1 rings (SSSR count). The van der Waals surface area contributed by atoms with Crippen LogP contribution in [0, 0.1) is 17.1 Å². The van der Waals surface area contributed by atoms with E-state index in [1.165, 1.54) is 12.1 Å². The van der Waals surface area contributed by atoms with Crippen molar-refractivity contribution >= 4 is 11.6 Å². The first-order valence-corrected chi connectivity index (χ1v) is 4.45. The van der Waals surface area contributed by atoms with Gasteiger partial charge in [0.2, 0.25) is 0 Å². The second-order valence-electron chi connectivity index (χ2n) is 2.91. The predicted octanol–water partition coefficient (Wildman–Crippen LogP) is 0.426. The Bertz CT molecular complexity index is 429. The number of nitrogens with zero attached hydrogens (tertiary/aromatic N) is 1. The molecule has 0 radical (unpaired) electrons. The van der Waals surface area contributed by atoms with Gasteiger partial charge < -0.3 is 15.8 Å². The minimum Gasteiger partial charge on any atom is -0.484 e. The van der Waals surface area contributed by atoms with Gasteiger partial charge in [-0.25, -0.2) is 4.39 Å². The van der Waals surface area contributed by atoms with E-state index < -0.39 is 11.7 Å². The van der Waals surface area contributed by atoms with Crippen LogP contribution >= 0.6 is 0 Å². The van der Waals surface area contributed by atoms with E-state index in [2.05, 4.69) is 5.32 Å². The Balaban J connectivity index is 2.46. The molecule has 16 heavy (non-hydrogen) atoms. The number of hydrogen-bond acceptors (Lipinski definition) is 4. The summed E-state index contributed by atoms with van der Waals surface area (Å²) in [7, 11) is 0. The van der Waals surface area contributed by atoms with Gasteiger partial charge in [0.05, 0.1) is 11.8 Å². The zero-order valence-electron chi connectivity index (χ0n) is 8.37. The molecule has 1 amide bonds. The highest BCUT2D eigenvalue weighted by atomic mass is 19.1. The van der Waals surface area contributed by atoms with Crippen LogP contribution in [0.4, 0.5) is 10.1 Å². The molecule has 0 unspecified atom stereocenters. The van der Waals surface area contributed by atoms with Crippen LogP contribution in [0.25, 0.3) is 0 Å². The minimum absolute atomic E-state index is 0.0151. The summed E-state index contributed by atoms with van der Waals surface area (Å²) in [6.45, 7) is -0.358. The number of nitriles is 1. The van der Waals surface area contributed by atoms with Gasteiger partial charge in [-0.1, -0.05) is 0 Å². The largest absolute Gasteiger partial charge is 0.484 e. The Morgan fingerprint density at radius 1 is 1.62 bits per heavy atom. The van der Waals surface area contributed by atoms with Crippen molar-refractivity contribution in [2.45, 2.75) is 0 Å². The van der Waals surface area contributed by atoms with Crippen molar-refractivity contribution in [2.75, 3.05) is 18.9 Å². The van der Waals surface area contributed by atoms with Crippen molar-refractivity contribution in [3.05, 3.63) is 24.0 Å². The zero-order valence-corrected chi connectivity index (χ0v) is 8.37. The molecule has 0 spiro atoms. The van der Waals surface area contributed by atoms with Gasteiger partial charge in [-0.3, -0.25) is 4.79 Å². The minimum atomic E-state index is -0.602. The number of halogens is 1. The van der Waals surface area contributed by atoms with Crippen molar-refractivity contribution in [3.63, 3.8) is 0 Å². The fraction of sp³-hybridized carbons (Fsp3) is 0.200. The van der Waals surface area contributed by atoms with Crippen LogP contribution in [0.5, 0.6) is 5.75 Å². The average Bonchev–Trinajstić information content (AvgIpc) is 2.28. The molecule has 1 aromatic carbocycles. The predicted molar refractivity (Wildman–Crippen MR) is 54.9 cm³/mol. The number of nitrogens with one attached hydrogen (secondary N) is 1. The summed E-state index contributed by atoms with van der Waals surface area (Å²) in [6.07, 6.45) is 0. The van der Waals surface area contributed by atoms with Crippen LogP contribution < -0.4 is 15.8 Å². The summed E-state index contributed by atoms with van der Waals surface area (Å²) in [6, 6.07) is 5.64. The van der Waals surface area contributed by atoms with Gasteiger partial charge in [-0.2, -0.15) is 5.26 Å². The van der Waals surface area contributed by atoms with E-state index in [0.29, 0.717) is 0 Å². The summed E-state index contributed by atoms with van der Waals surface area (Å²) in [5.41, 5.74) is 5.28. The molecule has 1 aromatic rings. The van der Waals surface area contributed by atoms with Crippen molar-refractivity contribution in [1.82, 2.24) is 5.32 Å². The molecule has 5 nitrogen and oxygen atoms in total. The second-order valence-corrected chi connectivity index (χ2v) is 2.91. The van der Waals surface area contributed by atoms with Gasteiger partial charge in [0, 0.05) is 6.07 Å². The van der Waals surface area contributed by atoms with E-state index in [4.69, 9.17) is 15.7 Å². The van der Waals surface area contributed by atoms with E-state index >= 15 is 0 Å². The number of carbonyl (C=O) groups is 1. The third kappa shape index (κ3) is 3.46. The lowest BCUT2D eigenvalue weighted by Crippen LogP contribution is -2.29. The van der Waals surface area contributed by atoms with Gasteiger partial charge in [0.15, 0.2) is 6.61 Å². The Morgan fingerprint density at radius 2 is 2.38 bits per heavy atom. The summed E-state index contributed by atoms with van der Waals surface area (Å²) in [4.78, 5) is 11.0. The quantitative estimate of drug-likeness (QED) is 0.572. The molecule has 0 saturated carbocycles. The molecule has 0 fully saturated rings. The van der Waals surface area contributed by atoms with E-state index in [1.54, 1.807) is 6.07 Å². The number of amides is 1. The van der Waals surface area contributed by atoms with Crippen molar-refractivity contribution < 1.29 is 13.9 Å². The maximum atomic E-state index is 13.0. The standard InChI is InChI=1S/C10H10FN3O2/c11-8-5-7(1-2-9(8)13)16-6-10(15)14-4-3-12/h1-2,5H,4,6,13H2,(H,14,15). The lowest BCUT2D eigenvalue weighted by atomic mass is 10.3. The lowest BCUT2D eigenvalue weighted by molar-refractivity contribution is -0.122. The van der Waals surface area contributed by atoms with E-state index in [-0.39, 0.29) is 24.6 Å². The molecule has 0 aliphatic heterocycles. The van der Waals surface area contributed by atoms with Gasteiger partial charge in [0.25, 0.3) is 5.91 Å². The van der Waals surface area contributed by atoms with Crippen molar-refractivity contribution in [3.8, 4) is 11.8 Å². The molecule has 0 aliphatic carbocycles. The van der Waals surface area contributed by atoms with Crippen LogP contribution in [0.3, 0.4) is 0 Å². The van der Waals surface area contributed by atoms with E-state index in [1.807, 2.05) is 0 Å². The SMILES string of the molecule is N#CCNC(=O)COc1ccc(N)c(F)c1. The molecule has 84 valence electrons. The summed E-state index contributed by atoms with van der Waals surface area (Å²) in [5.74, 6) is -0.840. The highest BCUT2D eigenvalue weighted by Crippen LogP contribution is 2.17. The van der Waals surface area contributed by atoms with Gasteiger partial charge >= 0.3 is 0 Å². The summed E-state index contributed by atoms with van der Waals surface area (Å²) < 4.78 is 17.9. The molecule has 0 saturated heterocycles. The number of carbonyl (C=O) groups excluding carboxylic acids is 1. The molecule has 0 heterocycles. The molecular weight excluding hydrogens is 213 g/mol. The number of ether oxygens (including phenoxy) is 1. The monoisotopic (exact) mass is 223 g/mol. The summed E-state index contributed by atoms with van der Waals surface area (Å²) >= 11 is 0. The number of benzene rings is 1. The highest BCUT2D eigenvalue weighted by Gasteiger charge is 2.04. The Hall–Kier alpha value is -2.29. The Labute approximate surface area is 91.6 Å². The van der Waals surface area contributed by atoms with Crippen LogP contribution in [-0.2, 0) is 4.79 Å². The molecular formula is C10H10FN3O2. The number of anilines is 1. The molecule has 0 aliphatic rings. The van der Waals surface area contributed by atoms with Crippen LogP contribution in [0.2, 0.25) is 0 Å². The maximum absolute atomic E-state index is 13.0. The fourth-order valence-electron chi connectivity index (χ4n) is 0.936. The first-order chi connectivity index (χ1) is 7.63. The number of nitrogens with two attached hydrogens (primary N) is 1. The van der Waals surface area contributed by atoms with E-state index in [0.717, 1.165) is 6.07 Å². The number of hydrogen-bond donors (Lipinski definition) is 2. The van der Waals surface area contributed by atoms with Gasteiger partial charge in [-0.15, -0.1) is 0 Å². The van der Waals surface area contributed by atoms with Gasteiger partial charge in [-0.05, 0) is 12.1 Å². The van der Waals surface area contributed by atoms with Crippen molar-refractivity contribution in [2.24, 2.45) is 0 Å². The first-order valence-electron chi connectivity index (χ1n) is 4.45. The second kappa shape index (κ2) is 5.56. The maximum Gasteiger partial charge on any atom is 0.258 e. The molecule has 0 bridgehead atoms. The lowest BCUT2D eigenvalue weighted by Gasteiger charge is -2.06. The third-order valence-corrected chi connectivity index (χ3v) is 1.71. The fourth-order valence-corrected chi connectivity index (χ4v) is 0.936. The van der Waals surface area contributed by atoms with Crippen LogP contribution in [-0.4, -0.2) is 19.1 Å². The van der Waals surface area contributed by atoms with Crippen LogP contribution in [0.1, 0.15) is 0 Å². The third-order valence-electron chi connectivity index (χ3n) is 1.71. The number of rotatable bonds is 4. The average molecular weight is 223 g/mol. The van der Waals surface area contributed by atoms with Crippen molar-refractivity contribution in [1.29, 1.82) is 5.26 Å². The van der Waals surface area contributed by atoms with Crippen LogP contribution in [0.15, 0.2) is 18.2 Å². The summed E-state index contributed by atoms with van der Waals surface area (Å²) in [5, 5.41) is 10.5. The van der Waals surface area contributed by atoms with Gasteiger partial charge in [0.1, 0.15) is 18.1 Å². The first kappa shape index (κ1) is 11.8. The smallest absolute Gasteiger partial charge is 0.258 e. The Morgan fingerprint density at radius 3 is 3.00 bits per heavy atom. The topological polar surface area (TPSA) is 88.1 Å². The molecule has 0 aromatic heterocycles. The zero-order chi connectivity index (χ0) is 12.0.